The first kappa shape index (κ1) is 29.8. The Balaban J connectivity index is 1.26. The van der Waals surface area contributed by atoms with Crippen LogP contribution in [0.15, 0.2) is 182 Å². The van der Waals surface area contributed by atoms with E-state index in [0.29, 0.717) is 17.5 Å². The van der Waals surface area contributed by atoms with Gasteiger partial charge in [-0.15, -0.1) is 0 Å². The van der Waals surface area contributed by atoms with Crippen molar-refractivity contribution < 1.29 is 0 Å². The van der Waals surface area contributed by atoms with Crippen LogP contribution >= 0.6 is 0 Å². The number of aromatic nitrogens is 4. The largest absolute Gasteiger partial charge is 0.264 e. The predicted octanol–water partition coefficient (Wildman–Crippen LogP) is 12.2. The average molecular weight is 663 g/mol. The lowest BCUT2D eigenvalue weighted by atomic mass is 9.90. The van der Waals surface area contributed by atoms with Crippen LogP contribution in [0.25, 0.3) is 99.5 Å². The molecule has 8 aromatic carbocycles. The molecule has 0 N–H and O–H groups in total. The topological polar surface area (TPSA) is 51.6 Å². The van der Waals surface area contributed by atoms with Crippen molar-refractivity contribution in [2.45, 2.75) is 0 Å². The van der Waals surface area contributed by atoms with Crippen LogP contribution in [0.2, 0.25) is 0 Å². The quantitative estimate of drug-likeness (QED) is 0.172. The van der Waals surface area contributed by atoms with Crippen molar-refractivity contribution >= 4 is 43.1 Å². The van der Waals surface area contributed by atoms with E-state index in [9.17, 15) is 0 Å². The molecule has 0 saturated carbocycles. The molecule has 52 heavy (non-hydrogen) atoms. The van der Waals surface area contributed by atoms with Crippen LogP contribution in [0.1, 0.15) is 0 Å². The van der Waals surface area contributed by atoms with Crippen LogP contribution in [0.3, 0.4) is 0 Å². The van der Waals surface area contributed by atoms with Gasteiger partial charge in [-0.2, -0.15) is 0 Å². The van der Waals surface area contributed by atoms with Crippen LogP contribution in [-0.2, 0) is 0 Å². The highest BCUT2D eigenvalue weighted by atomic mass is 15.0. The first-order valence-corrected chi connectivity index (χ1v) is 17.4. The maximum atomic E-state index is 5.13. The number of benzene rings is 8. The minimum Gasteiger partial charge on any atom is -0.264 e. The molecule has 0 aliphatic heterocycles. The van der Waals surface area contributed by atoms with Crippen molar-refractivity contribution in [2.75, 3.05) is 0 Å². The monoisotopic (exact) mass is 662 g/mol. The summed E-state index contributed by atoms with van der Waals surface area (Å²) in [6, 6.07) is 60.2. The molecule has 0 spiro atoms. The smallest absolute Gasteiger partial charge is 0.165 e. The second-order valence-corrected chi connectivity index (χ2v) is 13.2. The van der Waals surface area contributed by atoms with Gasteiger partial charge in [0.15, 0.2) is 17.5 Å². The Bertz CT molecular complexity index is 2760. The number of pyridine rings is 1. The molecule has 10 aromatic rings. The first-order chi connectivity index (χ1) is 25.7. The van der Waals surface area contributed by atoms with E-state index in [2.05, 4.69) is 132 Å². The summed E-state index contributed by atoms with van der Waals surface area (Å²) in [5, 5.41) is 9.68. The SMILES string of the molecule is c1ccc(-c2nc(-c3cccnc3)nc(-c3cc(-c4cccc5cc6ccccc6cc45)cc(-c4cccc5cc6ccccc6cc45)c3)n2)cc1. The molecule has 0 aliphatic carbocycles. The molecule has 0 unspecified atom stereocenters. The Hall–Kier alpha value is -7.04. The van der Waals surface area contributed by atoms with Gasteiger partial charge in [-0.1, -0.05) is 115 Å². The fourth-order valence-electron chi connectivity index (χ4n) is 7.35. The standard InChI is InChI=1S/C48H30N4/c1-2-11-31(12-3-1)46-50-47(38-19-10-22-49-30-38)52-48(51-46)41-26-39(42-20-8-17-36-23-32-13-4-6-15-34(32)28-44(36)42)25-40(27-41)43-21-9-18-37-24-33-14-5-7-16-35(33)29-45(37)43/h1-30H. The van der Waals surface area contributed by atoms with Crippen molar-refractivity contribution in [3.05, 3.63) is 182 Å². The van der Waals surface area contributed by atoms with Crippen LogP contribution in [-0.4, -0.2) is 19.9 Å². The van der Waals surface area contributed by atoms with E-state index in [0.717, 1.165) is 38.9 Å². The lowest BCUT2D eigenvalue weighted by Gasteiger charge is -2.15. The molecule has 0 atom stereocenters. The zero-order valence-corrected chi connectivity index (χ0v) is 28.1. The molecule has 4 heteroatoms. The molecule has 0 radical (unpaired) electrons. The Morgan fingerprint density at radius 3 is 1.27 bits per heavy atom. The van der Waals surface area contributed by atoms with Gasteiger partial charge in [0, 0.05) is 29.1 Å². The lowest BCUT2D eigenvalue weighted by molar-refractivity contribution is 1.07. The summed E-state index contributed by atoms with van der Waals surface area (Å²) in [7, 11) is 0. The van der Waals surface area contributed by atoms with E-state index < -0.39 is 0 Å². The third-order valence-electron chi connectivity index (χ3n) is 9.89. The summed E-state index contributed by atoms with van der Waals surface area (Å²) in [4.78, 5) is 19.6. The molecule has 10 rings (SSSR count). The van der Waals surface area contributed by atoms with E-state index in [1.807, 2.05) is 42.5 Å². The molecule has 2 aromatic heterocycles. The molecule has 0 fully saturated rings. The average Bonchev–Trinajstić information content (AvgIpc) is 3.22. The van der Waals surface area contributed by atoms with Gasteiger partial charge in [0.05, 0.1) is 0 Å². The predicted molar refractivity (Wildman–Crippen MR) is 215 cm³/mol. The Kier molecular flexibility index (Phi) is 7.10. The highest BCUT2D eigenvalue weighted by Gasteiger charge is 2.17. The van der Waals surface area contributed by atoms with Crippen molar-refractivity contribution in [1.29, 1.82) is 0 Å². The molecule has 0 aliphatic rings. The minimum absolute atomic E-state index is 0.581. The highest BCUT2D eigenvalue weighted by Crippen LogP contribution is 2.39. The summed E-state index contributed by atoms with van der Waals surface area (Å²) < 4.78 is 0. The molecule has 2 heterocycles. The van der Waals surface area contributed by atoms with Crippen molar-refractivity contribution in [3.8, 4) is 56.4 Å². The summed E-state index contributed by atoms with van der Waals surface area (Å²) in [6.07, 6.45) is 3.57. The van der Waals surface area contributed by atoms with Gasteiger partial charge in [0.25, 0.3) is 0 Å². The number of fused-ring (bicyclic) bond motifs is 4. The van der Waals surface area contributed by atoms with Crippen LogP contribution in [0.4, 0.5) is 0 Å². The number of rotatable bonds is 5. The minimum atomic E-state index is 0.581. The number of hydrogen-bond donors (Lipinski definition) is 0. The van der Waals surface area contributed by atoms with Gasteiger partial charge in [0.2, 0.25) is 0 Å². The third kappa shape index (κ3) is 5.34. The molecule has 0 saturated heterocycles. The van der Waals surface area contributed by atoms with Crippen molar-refractivity contribution in [2.24, 2.45) is 0 Å². The van der Waals surface area contributed by atoms with E-state index in [4.69, 9.17) is 15.0 Å². The Labute approximate surface area is 300 Å². The maximum Gasteiger partial charge on any atom is 0.165 e. The summed E-state index contributed by atoms with van der Waals surface area (Å²) in [6.45, 7) is 0. The van der Waals surface area contributed by atoms with Gasteiger partial charge in [-0.25, -0.2) is 15.0 Å². The van der Waals surface area contributed by atoms with E-state index in [1.54, 1.807) is 12.4 Å². The molecular weight excluding hydrogens is 633 g/mol. The Morgan fingerprint density at radius 2 is 0.731 bits per heavy atom. The van der Waals surface area contributed by atoms with Gasteiger partial charge >= 0.3 is 0 Å². The zero-order valence-electron chi connectivity index (χ0n) is 28.1. The van der Waals surface area contributed by atoms with Crippen molar-refractivity contribution in [3.63, 3.8) is 0 Å². The van der Waals surface area contributed by atoms with Crippen LogP contribution in [0.5, 0.6) is 0 Å². The number of hydrogen-bond acceptors (Lipinski definition) is 4. The fourth-order valence-corrected chi connectivity index (χ4v) is 7.35. The molecule has 242 valence electrons. The fraction of sp³-hybridized carbons (Fsp3) is 0. The molecule has 4 nitrogen and oxygen atoms in total. The lowest BCUT2D eigenvalue weighted by Crippen LogP contribution is -2.01. The van der Waals surface area contributed by atoms with Gasteiger partial charge in [0.1, 0.15) is 0 Å². The van der Waals surface area contributed by atoms with Gasteiger partial charge in [-0.3, -0.25) is 4.98 Å². The number of nitrogens with zero attached hydrogens (tertiary/aromatic N) is 4. The van der Waals surface area contributed by atoms with Crippen LogP contribution < -0.4 is 0 Å². The second-order valence-electron chi connectivity index (χ2n) is 13.2. The van der Waals surface area contributed by atoms with Crippen molar-refractivity contribution in [1.82, 2.24) is 19.9 Å². The summed E-state index contributed by atoms with van der Waals surface area (Å²) in [5.74, 6) is 1.80. The highest BCUT2D eigenvalue weighted by molar-refractivity contribution is 6.08. The maximum absolute atomic E-state index is 5.13. The van der Waals surface area contributed by atoms with E-state index in [1.165, 1.54) is 43.1 Å². The van der Waals surface area contributed by atoms with E-state index in [-0.39, 0.29) is 0 Å². The van der Waals surface area contributed by atoms with E-state index >= 15 is 0 Å². The zero-order chi connectivity index (χ0) is 34.4. The van der Waals surface area contributed by atoms with Gasteiger partial charge < -0.3 is 0 Å². The van der Waals surface area contributed by atoms with Gasteiger partial charge in [-0.05, 0) is 120 Å². The third-order valence-corrected chi connectivity index (χ3v) is 9.89. The summed E-state index contributed by atoms with van der Waals surface area (Å²) in [5.41, 5.74) is 7.17. The van der Waals surface area contributed by atoms with Crippen LogP contribution in [0, 0.1) is 0 Å². The Morgan fingerprint density at radius 1 is 0.288 bits per heavy atom. The second kappa shape index (κ2) is 12.4. The molecule has 0 amide bonds. The normalized spacial score (nSPS) is 11.5. The summed E-state index contributed by atoms with van der Waals surface area (Å²) >= 11 is 0. The first-order valence-electron chi connectivity index (χ1n) is 17.4. The molecule has 0 bridgehead atoms. The molecular formula is C48H30N4.